The summed E-state index contributed by atoms with van der Waals surface area (Å²) in [7, 11) is 0. The Balaban J connectivity index is 2.08. The summed E-state index contributed by atoms with van der Waals surface area (Å²) in [6.07, 6.45) is 4.75. The molecule has 2 aliphatic rings. The van der Waals surface area contributed by atoms with Crippen LogP contribution >= 0.6 is 0 Å². The van der Waals surface area contributed by atoms with E-state index in [1.165, 1.54) is 25.7 Å². The molecule has 0 bridgehead atoms. The van der Waals surface area contributed by atoms with Crippen molar-refractivity contribution < 1.29 is 4.79 Å². The van der Waals surface area contributed by atoms with Crippen molar-refractivity contribution in [1.82, 2.24) is 10.2 Å². The molecule has 2 heterocycles. The van der Waals surface area contributed by atoms with Crippen molar-refractivity contribution in [3.63, 3.8) is 0 Å². The largest absolute Gasteiger partial charge is 0.339 e. The van der Waals surface area contributed by atoms with Gasteiger partial charge in [0.05, 0.1) is 0 Å². The zero-order chi connectivity index (χ0) is 14.0. The first-order valence-electron chi connectivity index (χ1n) is 7.96. The highest BCUT2D eigenvalue weighted by atomic mass is 16.2. The summed E-state index contributed by atoms with van der Waals surface area (Å²) >= 11 is 0. The maximum absolute atomic E-state index is 13.0. The molecule has 2 fully saturated rings. The van der Waals surface area contributed by atoms with Gasteiger partial charge in [0, 0.05) is 18.0 Å². The first kappa shape index (κ1) is 14.8. The highest BCUT2D eigenvalue weighted by Gasteiger charge is 2.43. The van der Waals surface area contributed by atoms with Crippen LogP contribution in [0, 0.1) is 17.3 Å². The molecule has 2 unspecified atom stereocenters. The Morgan fingerprint density at radius 1 is 1.26 bits per heavy atom. The SMILES string of the molecule is CC(C)C1CCCN1C(=O)C(C)(C)C1CCCNC1. The lowest BCUT2D eigenvalue weighted by molar-refractivity contribution is -0.145. The minimum atomic E-state index is -0.217. The number of hydrogen-bond donors (Lipinski definition) is 1. The van der Waals surface area contributed by atoms with Crippen LogP contribution in [-0.2, 0) is 4.79 Å². The molecule has 0 saturated carbocycles. The smallest absolute Gasteiger partial charge is 0.228 e. The highest BCUT2D eigenvalue weighted by Crippen LogP contribution is 2.36. The zero-order valence-corrected chi connectivity index (χ0v) is 13.0. The number of carbonyl (C=O) groups is 1. The Kier molecular flexibility index (Phi) is 4.54. The summed E-state index contributed by atoms with van der Waals surface area (Å²) < 4.78 is 0. The van der Waals surface area contributed by atoms with E-state index in [1.54, 1.807) is 0 Å². The predicted octanol–water partition coefficient (Wildman–Crippen LogP) is 2.66. The van der Waals surface area contributed by atoms with Crippen LogP contribution in [0.15, 0.2) is 0 Å². The average Bonchev–Trinajstić information content (AvgIpc) is 2.88. The molecule has 2 aliphatic heterocycles. The van der Waals surface area contributed by atoms with Crippen LogP contribution in [0.2, 0.25) is 0 Å². The van der Waals surface area contributed by atoms with Crippen LogP contribution in [0.25, 0.3) is 0 Å². The summed E-state index contributed by atoms with van der Waals surface area (Å²) in [5.41, 5.74) is -0.217. The van der Waals surface area contributed by atoms with Crippen molar-refractivity contribution in [3.05, 3.63) is 0 Å². The monoisotopic (exact) mass is 266 g/mol. The van der Waals surface area contributed by atoms with Gasteiger partial charge in [0.15, 0.2) is 0 Å². The minimum Gasteiger partial charge on any atom is -0.339 e. The van der Waals surface area contributed by atoms with Gasteiger partial charge < -0.3 is 10.2 Å². The van der Waals surface area contributed by atoms with Crippen molar-refractivity contribution in [1.29, 1.82) is 0 Å². The summed E-state index contributed by atoms with van der Waals surface area (Å²) in [4.78, 5) is 15.2. The van der Waals surface area contributed by atoms with Crippen molar-refractivity contribution in [2.45, 2.75) is 59.4 Å². The van der Waals surface area contributed by atoms with Gasteiger partial charge in [-0.05, 0) is 50.6 Å². The van der Waals surface area contributed by atoms with E-state index in [2.05, 4.69) is 37.9 Å². The number of amides is 1. The van der Waals surface area contributed by atoms with E-state index >= 15 is 0 Å². The van der Waals surface area contributed by atoms with E-state index in [0.29, 0.717) is 23.8 Å². The van der Waals surface area contributed by atoms with Gasteiger partial charge in [-0.3, -0.25) is 4.79 Å². The third-order valence-electron chi connectivity index (χ3n) is 5.20. The zero-order valence-electron chi connectivity index (χ0n) is 13.0. The van der Waals surface area contributed by atoms with E-state index in [0.717, 1.165) is 19.6 Å². The molecule has 0 aliphatic carbocycles. The van der Waals surface area contributed by atoms with E-state index in [1.807, 2.05) is 0 Å². The molecule has 0 spiro atoms. The second-order valence-corrected chi connectivity index (χ2v) is 7.22. The van der Waals surface area contributed by atoms with E-state index in [9.17, 15) is 4.79 Å². The fourth-order valence-electron chi connectivity index (χ4n) is 3.75. The normalized spacial score (nSPS) is 29.0. The lowest BCUT2D eigenvalue weighted by Crippen LogP contribution is -2.51. The molecule has 2 atom stereocenters. The van der Waals surface area contributed by atoms with Gasteiger partial charge in [-0.2, -0.15) is 0 Å². The third-order valence-corrected chi connectivity index (χ3v) is 5.20. The Hall–Kier alpha value is -0.570. The summed E-state index contributed by atoms with van der Waals surface area (Å²) in [6.45, 7) is 11.9. The van der Waals surface area contributed by atoms with Crippen molar-refractivity contribution in [3.8, 4) is 0 Å². The van der Waals surface area contributed by atoms with E-state index in [-0.39, 0.29) is 5.41 Å². The van der Waals surface area contributed by atoms with Crippen LogP contribution in [0.3, 0.4) is 0 Å². The van der Waals surface area contributed by atoms with Gasteiger partial charge in [0.25, 0.3) is 0 Å². The molecule has 0 aromatic heterocycles. The summed E-state index contributed by atoms with van der Waals surface area (Å²) in [5, 5.41) is 3.45. The fraction of sp³-hybridized carbons (Fsp3) is 0.938. The molecule has 3 nitrogen and oxygen atoms in total. The molecule has 0 aromatic rings. The second-order valence-electron chi connectivity index (χ2n) is 7.22. The van der Waals surface area contributed by atoms with Crippen LogP contribution in [0.1, 0.15) is 53.4 Å². The number of piperidine rings is 1. The summed E-state index contributed by atoms with van der Waals surface area (Å²) in [5.74, 6) is 1.45. The lowest BCUT2D eigenvalue weighted by atomic mass is 9.73. The molecular formula is C16H30N2O. The van der Waals surface area contributed by atoms with Crippen LogP contribution in [0.4, 0.5) is 0 Å². The number of hydrogen-bond acceptors (Lipinski definition) is 2. The number of carbonyl (C=O) groups excluding carboxylic acids is 1. The predicted molar refractivity (Wildman–Crippen MR) is 78.9 cm³/mol. The molecular weight excluding hydrogens is 236 g/mol. The standard InChI is InChI=1S/C16H30N2O/c1-12(2)14-8-6-10-18(14)15(19)16(3,4)13-7-5-9-17-11-13/h12-14,17H,5-11H2,1-4H3. The third kappa shape index (κ3) is 2.96. The van der Waals surface area contributed by atoms with Gasteiger partial charge in [-0.1, -0.05) is 27.7 Å². The van der Waals surface area contributed by atoms with Gasteiger partial charge in [-0.25, -0.2) is 0 Å². The van der Waals surface area contributed by atoms with Gasteiger partial charge in [-0.15, -0.1) is 0 Å². The molecule has 1 N–H and O–H groups in total. The van der Waals surface area contributed by atoms with Crippen LogP contribution < -0.4 is 5.32 Å². The number of rotatable bonds is 3. The number of nitrogens with zero attached hydrogens (tertiary/aromatic N) is 1. The van der Waals surface area contributed by atoms with E-state index in [4.69, 9.17) is 0 Å². The van der Waals surface area contributed by atoms with Crippen molar-refractivity contribution in [2.75, 3.05) is 19.6 Å². The highest BCUT2D eigenvalue weighted by molar-refractivity contribution is 5.83. The molecule has 2 saturated heterocycles. The minimum absolute atomic E-state index is 0.217. The number of likely N-dealkylation sites (tertiary alicyclic amines) is 1. The van der Waals surface area contributed by atoms with Crippen molar-refractivity contribution in [2.24, 2.45) is 17.3 Å². The first-order chi connectivity index (χ1) is 8.94. The number of nitrogens with one attached hydrogen (secondary N) is 1. The maximum atomic E-state index is 13.0. The molecule has 2 rings (SSSR count). The second kappa shape index (κ2) is 5.82. The molecule has 0 aromatic carbocycles. The molecule has 1 amide bonds. The van der Waals surface area contributed by atoms with Gasteiger partial charge in [0.2, 0.25) is 5.91 Å². The molecule has 110 valence electrons. The Morgan fingerprint density at radius 2 is 2.00 bits per heavy atom. The van der Waals surface area contributed by atoms with Crippen LogP contribution in [-0.4, -0.2) is 36.5 Å². The van der Waals surface area contributed by atoms with Crippen LogP contribution in [0.5, 0.6) is 0 Å². The molecule has 19 heavy (non-hydrogen) atoms. The Bertz CT molecular complexity index is 319. The Labute approximate surface area is 118 Å². The quantitative estimate of drug-likeness (QED) is 0.852. The topological polar surface area (TPSA) is 32.3 Å². The first-order valence-corrected chi connectivity index (χ1v) is 7.96. The van der Waals surface area contributed by atoms with Gasteiger partial charge >= 0.3 is 0 Å². The Morgan fingerprint density at radius 3 is 2.58 bits per heavy atom. The fourth-order valence-corrected chi connectivity index (χ4v) is 3.75. The van der Waals surface area contributed by atoms with Crippen molar-refractivity contribution >= 4 is 5.91 Å². The van der Waals surface area contributed by atoms with E-state index < -0.39 is 0 Å². The maximum Gasteiger partial charge on any atom is 0.228 e. The molecule has 0 radical (unpaired) electrons. The lowest BCUT2D eigenvalue weighted by Gasteiger charge is -2.41. The summed E-state index contributed by atoms with van der Waals surface area (Å²) in [6, 6.07) is 0.461. The van der Waals surface area contributed by atoms with Gasteiger partial charge in [0.1, 0.15) is 0 Å². The molecule has 3 heteroatoms. The average molecular weight is 266 g/mol.